The Bertz CT molecular complexity index is 894. The van der Waals surface area contributed by atoms with Gasteiger partial charge in [-0.25, -0.2) is 4.79 Å². The first-order chi connectivity index (χ1) is 17.4. The van der Waals surface area contributed by atoms with Crippen LogP contribution >= 0.6 is 0 Å². The molecule has 10 unspecified atom stereocenters. The Balaban J connectivity index is 1.66. The van der Waals surface area contributed by atoms with Crippen LogP contribution in [0.1, 0.15) is 73.6 Å². The lowest BCUT2D eigenvalue weighted by molar-refractivity contribution is -0.151. The van der Waals surface area contributed by atoms with Crippen molar-refractivity contribution < 1.29 is 38.7 Å². The summed E-state index contributed by atoms with van der Waals surface area (Å²) in [5.41, 5.74) is -0.0314. The summed E-state index contributed by atoms with van der Waals surface area (Å²) >= 11 is 0. The molecule has 0 radical (unpaired) electrons. The maximum atomic E-state index is 12.6. The predicted molar refractivity (Wildman–Crippen MR) is 139 cm³/mol. The third kappa shape index (κ3) is 7.91. The Kier molecular flexibility index (Phi) is 10.0. The molecule has 3 aliphatic heterocycles. The van der Waals surface area contributed by atoms with E-state index in [1.807, 2.05) is 45.9 Å². The minimum absolute atomic E-state index is 0.119. The zero-order chi connectivity index (χ0) is 27.3. The number of ether oxygens (including phenoxy) is 4. The fraction of sp³-hybridized carbons (Fsp3) is 0.724. The van der Waals surface area contributed by atoms with E-state index in [1.165, 1.54) is 0 Å². The molecule has 2 fully saturated rings. The monoisotopic (exact) mass is 520 g/mol. The van der Waals surface area contributed by atoms with E-state index in [-0.39, 0.29) is 48.9 Å². The smallest absolute Gasteiger partial charge is 0.457 e. The van der Waals surface area contributed by atoms with Gasteiger partial charge in [0.1, 0.15) is 6.10 Å². The second kappa shape index (κ2) is 12.6. The first-order valence-electron chi connectivity index (χ1n) is 13.6. The third-order valence-corrected chi connectivity index (χ3v) is 7.86. The molecule has 0 aromatic rings. The molecule has 3 rings (SSSR count). The Hall–Kier alpha value is -2.16. The summed E-state index contributed by atoms with van der Waals surface area (Å²) in [6.45, 7) is 11.8. The molecular formula is C29H44O8. The number of hydrogen-bond acceptors (Lipinski definition) is 8. The van der Waals surface area contributed by atoms with Gasteiger partial charge in [-0.2, -0.15) is 0 Å². The molecule has 0 aromatic heterocycles. The van der Waals surface area contributed by atoms with E-state index in [2.05, 4.69) is 13.0 Å². The predicted octanol–water partition coefficient (Wildman–Crippen LogP) is 4.63. The van der Waals surface area contributed by atoms with E-state index in [0.29, 0.717) is 6.42 Å². The normalized spacial score (nSPS) is 37.5. The third-order valence-electron chi connectivity index (χ3n) is 7.86. The highest BCUT2D eigenvalue weighted by Crippen LogP contribution is 2.37. The van der Waals surface area contributed by atoms with E-state index in [4.69, 9.17) is 18.9 Å². The highest BCUT2D eigenvalue weighted by molar-refractivity contribution is 5.70. The maximum absolute atomic E-state index is 12.6. The van der Waals surface area contributed by atoms with Gasteiger partial charge in [0.05, 0.1) is 30.8 Å². The molecule has 0 aliphatic carbocycles. The summed E-state index contributed by atoms with van der Waals surface area (Å²) in [6.07, 6.45) is 9.04. The molecule has 0 aromatic carbocycles. The summed E-state index contributed by atoms with van der Waals surface area (Å²) in [4.78, 5) is 24.4. The van der Waals surface area contributed by atoms with Crippen molar-refractivity contribution in [2.75, 3.05) is 0 Å². The molecule has 37 heavy (non-hydrogen) atoms. The van der Waals surface area contributed by atoms with Crippen LogP contribution in [0.5, 0.6) is 0 Å². The summed E-state index contributed by atoms with van der Waals surface area (Å²) in [7, 11) is 0. The number of hydrogen-bond donors (Lipinski definition) is 2. The van der Waals surface area contributed by atoms with Gasteiger partial charge in [-0.15, -0.1) is 0 Å². The van der Waals surface area contributed by atoms with Crippen molar-refractivity contribution in [1.29, 1.82) is 0 Å². The molecule has 3 heterocycles. The zero-order valence-electron chi connectivity index (χ0n) is 23.0. The van der Waals surface area contributed by atoms with Crippen LogP contribution in [-0.2, 0) is 23.7 Å². The lowest BCUT2D eigenvalue weighted by Gasteiger charge is -2.28. The topological polar surface area (TPSA) is 115 Å². The van der Waals surface area contributed by atoms with Gasteiger partial charge in [0.25, 0.3) is 0 Å². The van der Waals surface area contributed by atoms with Crippen molar-refractivity contribution >= 4 is 12.1 Å². The minimum Gasteiger partial charge on any atom is -0.457 e. The molecule has 2 N–H and O–H groups in total. The number of rotatable bonds is 8. The Morgan fingerprint density at radius 3 is 2.68 bits per heavy atom. The average Bonchev–Trinajstić information content (AvgIpc) is 3.53. The summed E-state index contributed by atoms with van der Waals surface area (Å²) in [6, 6.07) is 0. The fourth-order valence-corrected chi connectivity index (χ4v) is 5.20. The Morgan fingerprint density at radius 2 is 1.97 bits per heavy atom. The average molecular weight is 521 g/mol. The fourth-order valence-electron chi connectivity index (χ4n) is 5.20. The summed E-state index contributed by atoms with van der Waals surface area (Å²) in [5, 5.41) is 20.4. The zero-order valence-corrected chi connectivity index (χ0v) is 23.0. The molecule has 8 heteroatoms. The van der Waals surface area contributed by atoms with Crippen LogP contribution in [0.4, 0.5) is 4.79 Å². The Morgan fingerprint density at radius 1 is 1.24 bits per heavy atom. The number of allylic oxidation sites excluding steroid dienone is 3. The van der Waals surface area contributed by atoms with Crippen LogP contribution in [0, 0.1) is 17.8 Å². The largest absolute Gasteiger partial charge is 0.509 e. The van der Waals surface area contributed by atoms with Crippen LogP contribution < -0.4 is 0 Å². The maximum Gasteiger partial charge on any atom is 0.509 e. The molecule has 0 spiro atoms. The van der Waals surface area contributed by atoms with Crippen LogP contribution in [-0.4, -0.2) is 64.6 Å². The molecule has 3 aliphatic rings. The summed E-state index contributed by atoms with van der Waals surface area (Å²) < 4.78 is 22.4. The lowest BCUT2D eigenvalue weighted by atomic mass is 9.89. The number of esters is 1. The quantitative estimate of drug-likeness (QED) is 0.206. The second-order valence-electron chi connectivity index (χ2n) is 11.2. The highest BCUT2D eigenvalue weighted by Gasteiger charge is 2.47. The number of cyclic esters (lactones) is 1. The van der Waals surface area contributed by atoms with Gasteiger partial charge >= 0.3 is 12.1 Å². The molecule has 208 valence electrons. The van der Waals surface area contributed by atoms with Gasteiger partial charge in [0.2, 0.25) is 0 Å². The molecular weight excluding hydrogens is 476 g/mol. The van der Waals surface area contributed by atoms with Gasteiger partial charge in [-0.3, -0.25) is 4.79 Å². The Labute approximate surface area is 220 Å². The van der Waals surface area contributed by atoms with E-state index < -0.39 is 36.0 Å². The molecule has 0 saturated carbocycles. The number of fused-ring (bicyclic) bond motifs is 1. The van der Waals surface area contributed by atoms with Gasteiger partial charge in [0, 0.05) is 11.8 Å². The molecule has 0 amide bonds. The van der Waals surface area contributed by atoms with E-state index >= 15 is 0 Å². The van der Waals surface area contributed by atoms with Gasteiger partial charge < -0.3 is 29.2 Å². The molecule has 10 atom stereocenters. The van der Waals surface area contributed by atoms with Crippen LogP contribution in [0.2, 0.25) is 0 Å². The highest BCUT2D eigenvalue weighted by atomic mass is 16.8. The minimum atomic E-state index is -0.900. The van der Waals surface area contributed by atoms with E-state index in [0.717, 1.165) is 18.4 Å². The van der Waals surface area contributed by atoms with Crippen LogP contribution in [0.3, 0.4) is 0 Å². The number of carbonyl (C=O) groups is 2. The summed E-state index contributed by atoms with van der Waals surface area (Å²) in [5.74, 6) is -0.247. The van der Waals surface area contributed by atoms with E-state index in [9.17, 15) is 19.8 Å². The number of carbonyl (C=O) groups excluding carboxylic acids is 2. The van der Waals surface area contributed by atoms with Crippen molar-refractivity contribution in [2.45, 2.75) is 116 Å². The van der Waals surface area contributed by atoms with Gasteiger partial charge in [0.15, 0.2) is 11.7 Å². The molecule has 2 saturated heterocycles. The standard InChI is InChI=1S/C29H44O8/c1-7-22(31)20(5)27-23(34-27)15-17(2)9-8-10-18(3)26-19(4)11-12-24-29(6,37-28(33)35-24)14-13-21(30)16-25(32)36-26/h8-12,17,19-24,26-27,30-31H,7,13-16H2,1-6H3. The second-order valence-corrected chi connectivity index (χ2v) is 11.2. The van der Waals surface area contributed by atoms with Crippen molar-refractivity contribution in [2.24, 2.45) is 17.8 Å². The number of aliphatic hydroxyl groups is 2. The number of epoxide rings is 1. The SMILES string of the molecule is CCC(O)C(C)C1OC1CC(C)C=CC=C(C)C1OC(=O)CC(O)CCC2(C)OC(=O)OC2C=CC1C. The number of aliphatic hydroxyl groups excluding tert-OH is 2. The molecule has 0 bridgehead atoms. The van der Waals surface area contributed by atoms with Crippen LogP contribution in [0.15, 0.2) is 36.0 Å². The van der Waals surface area contributed by atoms with Gasteiger partial charge in [-0.1, -0.05) is 52.0 Å². The first-order valence-corrected chi connectivity index (χ1v) is 13.6. The first kappa shape index (κ1) is 29.4. The van der Waals surface area contributed by atoms with Crippen molar-refractivity contribution in [3.05, 3.63) is 36.0 Å². The lowest BCUT2D eigenvalue weighted by Crippen LogP contribution is -2.37. The van der Waals surface area contributed by atoms with Crippen molar-refractivity contribution in [1.82, 2.24) is 0 Å². The van der Waals surface area contributed by atoms with Crippen molar-refractivity contribution in [3.63, 3.8) is 0 Å². The molecule has 8 nitrogen and oxygen atoms in total. The van der Waals surface area contributed by atoms with Gasteiger partial charge in [-0.05, 0) is 57.1 Å². The van der Waals surface area contributed by atoms with Crippen molar-refractivity contribution in [3.8, 4) is 0 Å². The van der Waals surface area contributed by atoms with Crippen LogP contribution in [0.25, 0.3) is 0 Å². The van der Waals surface area contributed by atoms with E-state index in [1.54, 1.807) is 13.0 Å².